The third kappa shape index (κ3) is 1.50. The van der Waals surface area contributed by atoms with Crippen LogP contribution in [0, 0.1) is 0 Å². The first-order valence-corrected chi connectivity index (χ1v) is 4.89. The molecule has 0 atom stereocenters. The lowest BCUT2D eigenvalue weighted by Crippen LogP contribution is -2.09. The van der Waals surface area contributed by atoms with Gasteiger partial charge in [-0.15, -0.1) is 0 Å². The Labute approximate surface area is 88.9 Å². The fourth-order valence-electron chi connectivity index (χ4n) is 1.82. The van der Waals surface area contributed by atoms with Crippen LogP contribution in [-0.4, -0.2) is 24.6 Å². The lowest BCUT2D eigenvalue weighted by atomic mass is 10.2. The number of aromatic nitrogens is 1. The molecule has 3 nitrogen and oxygen atoms in total. The summed E-state index contributed by atoms with van der Waals surface area (Å²) >= 11 is 0. The summed E-state index contributed by atoms with van der Waals surface area (Å²) in [5, 5.41) is 1.11. The zero-order valence-corrected chi connectivity index (χ0v) is 9.19. The van der Waals surface area contributed by atoms with E-state index in [-0.39, 0.29) is 5.91 Å². The summed E-state index contributed by atoms with van der Waals surface area (Å²) in [6.07, 6.45) is 1.82. The molecule has 0 saturated heterocycles. The van der Waals surface area contributed by atoms with Gasteiger partial charge in [-0.3, -0.25) is 9.36 Å². The van der Waals surface area contributed by atoms with Crippen molar-refractivity contribution in [3.63, 3.8) is 0 Å². The number of carbonyl (C=O) groups is 1. The number of nitrogens with zero attached hydrogens (tertiary/aromatic N) is 2. The maximum absolute atomic E-state index is 11.4. The molecule has 0 N–H and O–H groups in total. The van der Waals surface area contributed by atoms with Crippen molar-refractivity contribution in [2.24, 2.45) is 0 Å². The molecule has 1 aromatic heterocycles. The lowest BCUT2D eigenvalue weighted by Gasteiger charge is -2.13. The van der Waals surface area contributed by atoms with Gasteiger partial charge in [0.05, 0.1) is 5.52 Å². The average Bonchev–Trinajstić information content (AvgIpc) is 2.59. The molecular formula is C12H14N2O. The molecule has 0 aliphatic carbocycles. The van der Waals surface area contributed by atoms with Gasteiger partial charge in [0.1, 0.15) is 0 Å². The van der Waals surface area contributed by atoms with Gasteiger partial charge >= 0.3 is 0 Å². The second-order valence-corrected chi connectivity index (χ2v) is 3.81. The number of anilines is 1. The molecule has 0 amide bonds. The van der Waals surface area contributed by atoms with Crippen molar-refractivity contribution in [1.82, 2.24) is 4.57 Å². The fourth-order valence-corrected chi connectivity index (χ4v) is 1.82. The molecule has 2 rings (SSSR count). The van der Waals surface area contributed by atoms with E-state index in [1.165, 1.54) is 0 Å². The van der Waals surface area contributed by atoms with Gasteiger partial charge in [0.2, 0.25) is 5.91 Å². The van der Waals surface area contributed by atoms with E-state index in [0.29, 0.717) is 0 Å². The molecule has 1 aromatic carbocycles. The minimum atomic E-state index is 0.0425. The molecule has 78 valence electrons. The van der Waals surface area contributed by atoms with E-state index < -0.39 is 0 Å². The number of fused-ring (bicyclic) bond motifs is 1. The Morgan fingerprint density at radius 2 is 2.00 bits per heavy atom. The Balaban J connectivity index is 2.74. The van der Waals surface area contributed by atoms with Crippen LogP contribution in [0.25, 0.3) is 10.9 Å². The van der Waals surface area contributed by atoms with Crippen LogP contribution >= 0.6 is 0 Å². The van der Waals surface area contributed by atoms with Gasteiger partial charge in [0, 0.05) is 38.3 Å². The van der Waals surface area contributed by atoms with Gasteiger partial charge in [-0.2, -0.15) is 0 Å². The fraction of sp³-hybridized carbons (Fsp3) is 0.250. The lowest BCUT2D eigenvalue weighted by molar-refractivity contribution is 0.0941. The minimum absolute atomic E-state index is 0.0425. The topological polar surface area (TPSA) is 25.2 Å². The Bertz CT molecular complexity index is 511. The molecule has 0 radical (unpaired) electrons. The number of carbonyl (C=O) groups excluding carboxylic acids is 1. The largest absolute Gasteiger partial charge is 0.377 e. The van der Waals surface area contributed by atoms with Crippen molar-refractivity contribution in [3.8, 4) is 0 Å². The van der Waals surface area contributed by atoms with Crippen LogP contribution in [0.4, 0.5) is 5.69 Å². The summed E-state index contributed by atoms with van der Waals surface area (Å²) in [6.45, 7) is 1.57. The standard InChI is InChI=1S/C12H14N2O/c1-9(15)14-8-7-10-11(13(2)3)5-4-6-12(10)14/h4-8H,1-3H3. The summed E-state index contributed by atoms with van der Waals surface area (Å²) in [7, 11) is 4.00. The van der Waals surface area contributed by atoms with E-state index in [0.717, 1.165) is 16.6 Å². The maximum atomic E-state index is 11.4. The van der Waals surface area contributed by atoms with E-state index in [1.807, 2.05) is 49.5 Å². The monoisotopic (exact) mass is 202 g/mol. The highest BCUT2D eigenvalue weighted by molar-refractivity contribution is 5.98. The molecule has 2 aromatic rings. The van der Waals surface area contributed by atoms with Gasteiger partial charge in [0.25, 0.3) is 0 Å². The molecule has 0 aliphatic rings. The minimum Gasteiger partial charge on any atom is -0.377 e. The van der Waals surface area contributed by atoms with Crippen LogP contribution in [-0.2, 0) is 0 Å². The van der Waals surface area contributed by atoms with Gasteiger partial charge in [-0.1, -0.05) is 6.07 Å². The highest BCUT2D eigenvalue weighted by Crippen LogP contribution is 2.26. The maximum Gasteiger partial charge on any atom is 0.227 e. The van der Waals surface area contributed by atoms with Gasteiger partial charge in [-0.05, 0) is 18.2 Å². The molecule has 3 heteroatoms. The summed E-state index contributed by atoms with van der Waals surface area (Å²) in [4.78, 5) is 13.4. The summed E-state index contributed by atoms with van der Waals surface area (Å²) < 4.78 is 1.67. The van der Waals surface area contributed by atoms with Crippen molar-refractivity contribution in [2.45, 2.75) is 6.92 Å². The van der Waals surface area contributed by atoms with E-state index in [9.17, 15) is 4.79 Å². The first-order valence-electron chi connectivity index (χ1n) is 4.89. The summed E-state index contributed by atoms with van der Waals surface area (Å²) in [6, 6.07) is 7.96. The molecule has 0 bridgehead atoms. The zero-order chi connectivity index (χ0) is 11.0. The number of hydrogen-bond acceptors (Lipinski definition) is 2. The molecule has 0 aliphatic heterocycles. The predicted molar refractivity (Wildman–Crippen MR) is 62.6 cm³/mol. The van der Waals surface area contributed by atoms with Crippen LogP contribution in [0.2, 0.25) is 0 Å². The number of benzene rings is 1. The first-order chi connectivity index (χ1) is 7.11. The van der Waals surface area contributed by atoms with E-state index in [4.69, 9.17) is 0 Å². The molecule has 0 saturated carbocycles. The number of rotatable bonds is 1. The highest BCUT2D eigenvalue weighted by atomic mass is 16.1. The van der Waals surface area contributed by atoms with Crippen LogP contribution in [0.3, 0.4) is 0 Å². The predicted octanol–water partition coefficient (Wildman–Crippen LogP) is 2.37. The smallest absolute Gasteiger partial charge is 0.227 e. The van der Waals surface area contributed by atoms with Gasteiger partial charge < -0.3 is 4.90 Å². The Hall–Kier alpha value is -1.77. The number of hydrogen-bond donors (Lipinski definition) is 0. The van der Waals surface area contributed by atoms with Crippen LogP contribution in [0.15, 0.2) is 30.5 Å². The Kier molecular flexibility index (Phi) is 2.23. The van der Waals surface area contributed by atoms with Crippen molar-refractivity contribution >= 4 is 22.5 Å². The van der Waals surface area contributed by atoms with Crippen LogP contribution in [0.1, 0.15) is 11.7 Å². The second kappa shape index (κ2) is 3.42. The van der Waals surface area contributed by atoms with E-state index >= 15 is 0 Å². The van der Waals surface area contributed by atoms with Gasteiger partial charge in [0.15, 0.2) is 0 Å². The van der Waals surface area contributed by atoms with Crippen molar-refractivity contribution in [3.05, 3.63) is 30.5 Å². The summed E-state index contributed by atoms with van der Waals surface area (Å²) in [5.74, 6) is 0.0425. The average molecular weight is 202 g/mol. The van der Waals surface area contributed by atoms with E-state index in [1.54, 1.807) is 11.5 Å². The van der Waals surface area contributed by atoms with Crippen LogP contribution in [0.5, 0.6) is 0 Å². The third-order valence-corrected chi connectivity index (χ3v) is 2.53. The quantitative estimate of drug-likeness (QED) is 0.709. The molecular weight excluding hydrogens is 188 g/mol. The normalized spacial score (nSPS) is 10.6. The van der Waals surface area contributed by atoms with Crippen LogP contribution < -0.4 is 4.90 Å². The first kappa shape index (κ1) is 9.77. The second-order valence-electron chi connectivity index (χ2n) is 3.81. The molecule has 1 heterocycles. The Morgan fingerprint density at radius 1 is 1.27 bits per heavy atom. The van der Waals surface area contributed by atoms with Crippen molar-refractivity contribution in [1.29, 1.82) is 0 Å². The Morgan fingerprint density at radius 3 is 2.60 bits per heavy atom. The highest BCUT2D eigenvalue weighted by Gasteiger charge is 2.08. The zero-order valence-electron chi connectivity index (χ0n) is 9.19. The third-order valence-electron chi connectivity index (χ3n) is 2.53. The molecule has 0 spiro atoms. The molecule has 0 unspecified atom stereocenters. The van der Waals surface area contributed by atoms with Crippen molar-refractivity contribution in [2.75, 3.05) is 19.0 Å². The SMILES string of the molecule is CC(=O)n1ccc2c(N(C)C)cccc21. The van der Waals surface area contributed by atoms with Gasteiger partial charge in [-0.25, -0.2) is 0 Å². The molecule has 0 fully saturated rings. The van der Waals surface area contributed by atoms with Crippen molar-refractivity contribution < 1.29 is 4.79 Å². The molecule has 15 heavy (non-hydrogen) atoms. The summed E-state index contributed by atoms with van der Waals surface area (Å²) in [5.41, 5.74) is 2.10. The van der Waals surface area contributed by atoms with E-state index in [2.05, 4.69) is 0 Å².